The molecule has 0 aliphatic rings. The van der Waals surface area contributed by atoms with Gasteiger partial charge in [0, 0.05) is 6.92 Å². The summed E-state index contributed by atoms with van der Waals surface area (Å²) in [5.74, 6) is -0.833. The molecule has 0 aromatic rings. The fourth-order valence-electron chi connectivity index (χ4n) is 1.64. The van der Waals surface area contributed by atoms with Crippen LogP contribution in [0.4, 0.5) is 0 Å². The van der Waals surface area contributed by atoms with Gasteiger partial charge in [-0.2, -0.15) is 0 Å². The molecule has 0 radical (unpaired) electrons. The van der Waals surface area contributed by atoms with Crippen molar-refractivity contribution in [2.45, 2.75) is 84.7 Å². The number of aliphatic hydroxyl groups is 1. The van der Waals surface area contributed by atoms with E-state index in [1.54, 1.807) is 0 Å². The van der Waals surface area contributed by atoms with Crippen molar-refractivity contribution in [1.29, 1.82) is 0 Å². The average molecular weight is 246 g/mol. The Hall–Kier alpha value is -0.570. The molecule has 104 valence electrons. The van der Waals surface area contributed by atoms with Crippen molar-refractivity contribution < 1.29 is 15.0 Å². The smallest absolute Gasteiger partial charge is 0.300 e. The highest BCUT2D eigenvalue weighted by atomic mass is 16.4. The summed E-state index contributed by atoms with van der Waals surface area (Å²) in [6.45, 7) is 5.45. The van der Waals surface area contributed by atoms with Crippen molar-refractivity contribution in [3.05, 3.63) is 0 Å². The van der Waals surface area contributed by atoms with Crippen LogP contribution in [0.2, 0.25) is 0 Å². The lowest BCUT2D eigenvalue weighted by Gasteiger charge is -2.08. The van der Waals surface area contributed by atoms with Crippen molar-refractivity contribution in [2.24, 2.45) is 0 Å². The molecule has 3 nitrogen and oxygen atoms in total. The van der Waals surface area contributed by atoms with Gasteiger partial charge in [0.2, 0.25) is 0 Å². The number of unbranched alkanes of at least 4 members (excludes halogenated alkanes) is 5. The van der Waals surface area contributed by atoms with Gasteiger partial charge in [0.25, 0.3) is 5.97 Å². The second-order valence-corrected chi connectivity index (χ2v) is 4.52. The number of carboxylic acids is 1. The first-order valence-corrected chi connectivity index (χ1v) is 6.92. The van der Waals surface area contributed by atoms with E-state index < -0.39 is 5.97 Å². The SMILES string of the molecule is CC(=O)O.CCCCCCCCC(O)CCC. The molecular weight excluding hydrogens is 216 g/mol. The highest BCUT2D eigenvalue weighted by Crippen LogP contribution is 2.10. The Morgan fingerprint density at radius 2 is 1.41 bits per heavy atom. The Balaban J connectivity index is 0. The fraction of sp³-hybridized carbons (Fsp3) is 0.929. The van der Waals surface area contributed by atoms with E-state index in [0.29, 0.717) is 0 Å². The monoisotopic (exact) mass is 246 g/mol. The van der Waals surface area contributed by atoms with Gasteiger partial charge in [-0.05, 0) is 12.8 Å². The highest BCUT2D eigenvalue weighted by Gasteiger charge is 2.01. The van der Waals surface area contributed by atoms with Crippen molar-refractivity contribution in [3.8, 4) is 0 Å². The predicted molar refractivity (Wildman–Crippen MR) is 72.2 cm³/mol. The Kier molecular flexibility index (Phi) is 17.1. The number of hydrogen-bond donors (Lipinski definition) is 2. The number of aliphatic hydroxyl groups excluding tert-OH is 1. The van der Waals surface area contributed by atoms with Crippen LogP contribution in [0.3, 0.4) is 0 Å². The maximum absolute atomic E-state index is 9.45. The minimum absolute atomic E-state index is 0.0313. The third kappa shape index (κ3) is 25.6. The molecule has 0 aliphatic carbocycles. The minimum atomic E-state index is -0.833. The molecule has 0 amide bonds. The number of hydrogen-bond acceptors (Lipinski definition) is 2. The maximum atomic E-state index is 9.45. The van der Waals surface area contributed by atoms with E-state index in [1.165, 1.54) is 38.5 Å². The first-order chi connectivity index (χ1) is 8.04. The number of aliphatic carboxylic acids is 1. The van der Waals surface area contributed by atoms with Gasteiger partial charge in [-0.3, -0.25) is 4.79 Å². The predicted octanol–water partition coefficient (Wildman–Crippen LogP) is 3.99. The standard InChI is InChI=1S/C12H26O.C2H4O2/c1-3-5-6-7-8-9-11-12(13)10-4-2;1-2(3)4/h12-13H,3-11H2,1-2H3;1H3,(H,3,4). The van der Waals surface area contributed by atoms with Gasteiger partial charge in [-0.1, -0.05) is 58.8 Å². The van der Waals surface area contributed by atoms with Crippen molar-refractivity contribution >= 4 is 5.97 Å². The van der Waals surface area contributed by atoms with Crippen LogP contribution in [0.25, 0.3) is 0 Å². The first kappa shape index (κ1) is 18.8. The van der Waals surface area contributed by atoms with Crippen LogP contribution < -0.4 is 0 Å². The van der Waals surface area contributed by atoms with Crippen LogP contribution in [0, 0.1) is 0 Å². The summed E-state index contributed by atoms with van der Waals surface area (Å²) >= 11 is 0. The van der Waals surface area contributed by atoms with Crippen LogP contribution in [-0.4, -0.2) is 22.3 Å². The zero-order valence-electron chi connectivity index (χ0n) is 11.7. The van der Waals surface area contributed by atoms with Gasteiger partial charge in [0.1, 0.15) is 0 Å². The summed E-state index contributed by atoms with van der Waals surface area (Å²) in [5.41, 5.74) is 0. The quantitative estimate of drug-likeness (QED) is 0.605. The summed E-state index contributed by atoms with van der Waals surface area (Å²) < 4.78 is 0. The van der Waals surface area contributed by atoms with E-state index in [4.69, 9.17) is 9.90 Å². The van der Waals surface area contributed by atoms with Gasteiger partial charge in [-0.15, -0.1) is 0 Å². The van der Waals surface area contributed by atoms with Gasteiger partial charge >= 0.3 is 0 Å². The molecule has 0 heterocycles. The largest absolute Gasteiger partial charge is 0.481 e. The number of rotatable bonds is 9. The molecule has 1 unspecified atom stereocenters. The lowest BCUT2D eigenvalue weighted by atomic mass is 10.0. The molecule has 0 saturated carbocycles. The van der Waals surface area contributed by atoms with E-state index in [2.05, 4.69) is 13.8 Å². The molecule has 3 heteroatoms. The third-order valence-electron chi connectivity index (χ3n) is 2.51. The first-order valence-electron chi connectivity index (χ1n) is 6.92. The lowest BCUT2D eigenvalue weighted by Crippen LogP contribution is -2.04. The summed E-state index contributed by atoms with van der Waals surface area (Å²) in [4.78, 5) is 9.00. The van der Waals surface area contributed by atoms with Gasteiger partial charge in [0.05, 0.1) is 6.10 Å². The van der Waals surface area contributed by atoms with E-state index in [9.17, 15) is 5.11 Å². The van der Waals surface area contributed by atoms with Crippen LogP contribution in [0.15, 0.2) is 0 Å². The normalized spacial score (nSPS) is 11.5. The molecule has 0 aliphatic heterocycles. The van der Waals surface area contributed by atoms with Gasteiger partial charge in [0.15, 0.2) is 0 Å². The summed E-state index contributed by atoms with van der Waals surface area (Å²) in [5, 5.41) is 16.9. The molecule has 0 rings (SSSR count). The highest BCUT2D eigenvalue weighted by molar-refractivity contribution is 5.62. The molecule has 0 fully saturated rings. The molecule has 0 bridgehead atoms. The van der Waals surface area contributed by atoms with Crippen LogP contribution in [0.5, 0.6) is 0 Å². The molecule has 0 saturated heterocycles. The van der Waals surface area contributed by atoms with E-state index in [1.807, 2.05) is 0 Å². The van der Waals surface area contributed by atoms with E-state index >= 15 is 0 Å². The molecule has 2 N–H and O–H groups in total. The Morgan fingerprint density at radius 1 is 0.941 bits per heavy atom. The molecular formula is C14H30O3. The molecule has 17 heavy (non-hydrogen) atoms. The fourth-order valence-corrected chi connectivity index (χ4v) is 1.64. The Labute approximate surface area is 106 Å². The average Bonchev–Trinajstić information content (AvgIpc) is 2.23. The van der Waals surface area contributed by atoms with Crippen molar-refractivity contribution in [1.82, 2.24) is 0 Å². The van der Waals surface area contributed by atoms with Gasteiger partial charge in [-0.25, -0.2) is 0 Å². The third-order valence-corrected chi connectivity index (χ3v) is 2.51. The Bertz CT molecular complexity index is 154. The van der Waals surface area contributed by atoms with Crippen molar-refractivity contribution in [3.63, 3.8) is 0 Å². The Morgan fingerprint density at radius 3 is 1.88 bits per heavy atom. The summed E-state index contributed by atoms with van der Waals surface area (Å²) in [6.07, 6.45) is 11.0. The van der Waals surface area contributed by atoms with Gasteiger partial charge < -0.3 is 10.2 Å². The van der Waals surface area contributed by atoms with E-state index in [-0.39, 0.29) is 6.10 Å². The minimum Gasteiger partial charge on any atom is -0.481 e. The molecule has 0 aromatic heterocycles. The lowest BCUT2D eigenvalue weighted by molar-refractivity contribution is -0.134. The topological polar surface area (TPSA) is 57.5 Å². The molecule has 0 aromatic carbocycles. The second kappa shape index (κ2) is 15.4. The summed E-state index contributed by atoms with van der Waals surface area (Å²) in [6, 6.07) is 0. The zero-order valence-corrected chi connectivity index (χ0v) is 11.7. The molecule has 1 atom stereocenters. The molecule has 0 spiro atoms. The second-order valence-electron chi connectivity index (χ2n) is 4.52. The number of carbonyl (C=O) groups is 1. The number of carboxylic acid groups (broad SMARTS) is 1. The van der Waals surface area contributed by atoms with E-state index in [0.717, 1.165) is 26.2 Å². The summed E-state index contributed by atoms with van der Waals surface area (Å²) in [7, 11) is 0. The van der Waals surface area contributed by atoms with Crippen molar-refractivity contribution in [2.75, 3.05) is 0 Å². The maximum Gasteiger partial charge on any atom is 0.300 e. The van der Waals surface area contributed by atoms with Crippen LogP contribution in [-0.2, 0) is 4.79 Å². The van der Waals surface area contributed by atoms with Crippen LogP contribution in [0.1, 0.15) is 78.6 Å². The zero-order chi connectivity index (χ0) is 13.5. The van der Waals surface area contributed by atoms with Crippen LogP contribution >= 0.6 is 0 Å².